The van der Waals surface area contributed by atoms with Crippen LogP contribution in [0.3, 0.4) is 0 Å². The molecular weight excluding hydrogens is 316 g/mol. The van der Waals surface area contributed by atoms with E-state index in [0.29, 0.717) is 12.3 Å². The minimum absolute atomic E-state index is 0.0817. The van der Waals surface area contributed by atoms with Crippen LogP contribution in [0, 0.1) is 5.92 Å². The van der Waals surface area contributed by atoms with Gasteiger partial charge in [0.2, 0.25) is 15.9 Å². The van der Waals surface area contributed by atoms with Gasteiger partial charge in [-0.3, -0.25) is 4.79 Å². The second-order valence-corrected chi connectivity index (χ2v) is 7.86. The molecule has 1 amide bonds. The molecule has 0 spiro atoms. The van der Waals surface area contributed by atoms with Gasteiger partial charge in [0, 0.05) is 32.9 Å². The molecule has 1 aromatic rings. The van der Waals surface area contributed by atoms with Crippen molar-refractivity contribution in [3.63, 3.8) is 0 Å². The molecule has 23 heavy (non-hydrogen) atoms. The molecule has 0 bridgehead atoms. The topological polar surface area (TPSA) is 66.9 Å². The van der Waals surface area contributed by atoms with Crippen LogP contribution in [0.2, 0.25) is 0 Å². The van der Waals surface area contributed by atoms with E-state index in [9.17, 15) is 13.2 Å². The number of amides is 1. The van der Waals surface area contributed by atoms with Crippen molar-refractivity contribution in [1.29, 1.82) is 0 Å². The highest BCUT2D eigenvalue weighted by atomic mass is 32.2. The first-order valence-electron chi connectivity index (χ1n) is 7.47. The fourth-order valence-corrected chi connectivity index (χ4v) is 3.43. The molecule has 1 atom stereocenters. The molecular formula is C16H26N2O4S. The molecule has 0 fully saturated rings. The van der Waals surface area contributed by atoms with Gasteiger partial charge in [-0.1, -0.05) is 6.92 Å². The molecule has 0 saturated carbocycles. The smallest absolute Gasteiger partial charge is 0.243 e. The molecule has 130 valence electrons. The number of rotatable bonds is 7. The first kappa shape index (κ1) is 19.6. The highest BCUT2D eigenvalue weighted by Crippen LogP contribution is 2.21. The van der Waals surface area contributed by atoms with Crippen LogP contribution < -0.4 is 4.90 Å². The second-order valence-electron chi connectivity index (χ2n) is 5.86. The van der Waals surface area contributed by atoms with Gasteiger partial charge in [0.1, 0.15) is 0 Å². The molecule has 0 aliphatic rings. The van der Waals surface area contributed by atoms with Crippen LogP contribution >= 0.6 is 0 Å². The first-order valence-corrected chi connectivity index (χ1v) is 8.91. The number of hydrogen-bond donors (Lipinski definition) is 0. The summed E-state index contributed by atoms with van der Waals surface area (Å²) in [6.07, 6.45) is 0. The Bertz CT molecular complexity index is 626. The molecule has 0 heterocycles. The van der Waals surface area contributed by atoms with Gasteiger partial charge in [0.25, 0.3) is 0 Å². The quantitative estimate of drug-likeness (QED) is 0.760. The Labute approximate surface area is 139 Å². The van der Waals surface area contributed by atoms with Gasteiger partial charge >= 0.3 is 0 Å². The number of ether oxygens (including phenoxy) is 1. The zero-order valence-corrected chi connectivity index (χ0v) is 15.4. The van der Waals surface area contributed by atoms with E-state index in [0.717, 1.165) is 0 Å². The third-order valence-electron chi connectivity index (χ3n) is 3.80. The van der Waals surface area contributed by atoms with E-state index in [-0.39, 0.29) is 22.8 Å². The average Bonchev–Trinajstić information content (AvgIpc) is 2.52. The Morgan fingerprint density at radius 1 is 1.13 bits per heavy atom. The van der Waals surface area contributed by atoms with Crippen LogP contribution in [-0.2, 0) is 19.6 Å². The lowest BCUT2D eigenvalue weighted by molar-refractivity contribution is -0.123. The van der Waals surface area contributed by atoms with Crippen LogP contribution in [0.4, 0.5) is 5.69 Å². The summed E-state index contributed by atoms with van der Waals surface area (Å²) in [7, 11) is 1.25. The number of hydrogen-bond acceptors (Lipinski definition) is 4. The van der Waals surface area contributed by atoms with Gasteiger partial charge < -0.3 is 9.64 Å². The number of nitrogens with zero attached hydrogens (tertiary/aromatic N) is 2. The van der Waals surface area contributed by atoms with Crippen molar-refractivity contribution in [1.82, 2.24) is 4.31 Å². The summed E-state index contributed by atoms with van der Waals surface area (Å²) in [6, 6.07) is 6.19. The van der Waals surface area contributed by atoms with E-state index < -0.39 is 10.0 Å². The number of benzene rings is 1. The zero-order valence-electron chi connectivity index (χ0n) is 14.6. The van der Waals surface area contributed by atoms with E-state index in [2.05, 4.69) is 0 Å². The largest absolute Gasteiger partial charge is 0.384 e. The molecule has 0 N–H and O–H groups in total. The number of methoxy groups -OCH3 is 1. The number of sulfonamides is 1. The number of carbonyl (C=O) groups excluding carboxylic acids is 1. The molecule has 7 heteroatoms. The molecule has 1 rings (SSSR count). The van der Waals surface area contributed by atoms with Crippen LogP contribution in [0.25, 0.3) is 0 Å². The normalized spacial score (nSPS) is 13.4. The van der Waals surface area contributed by atoms with E-state index >= 15 is 0 Å². The Hall–Kier alpha value is -1.44. The summed E-state index contributed by atoms with van der Waals surface area (Å²) < 4.78 is 31.1. The van der Waals surface area contributed by atoms with Crippen molar-refractivity contribution in [3.8, 4) is 0 Å². The number of anilines is 1. The van der Waals surface area contributed by atoms with Crippen LogP contribution in [0.5, 0.6) is 0 Å². The van der Waals surface area contributed by atoms with Gasteiger partial charge in [0.05, 0.1) is 17.4 Å². The SMILES string of the molecule is COCC(C)C(=O)N(C)c1ccc(S(=O)(=O)N(C)C(C)C)cc1. The van der Waals surface area contributed by atoms with E-state index in [1.54, 1.807) is 40.3 Å². The summed E-state index contributed by atoms with van der Waals surface area (Å²) in [4.78, 5) is 13.9. The summed E-state index contributed by atoms with van der Waals surface area (Å²) in [5, 5.41) is 0. The third-order valence-corrected chi connectivity index (χ3v) is 5.84. The van der Waals surface area contributed by atoms with Gasteiger partial charge in [-0.15, -0.1) is 0 Å². The highest BCUT2D eigenvalue weighted by molar-refractivity contribution is 7.89. The van der Waals surface area contributed by atoms with Gasteiger partial charge in [0.15, 0.2) is 0 Å². The zero-order chi connectivity index (χ0) is 17.8. The standard InChI is InChI=1S/C16H26N2O4S/c1-12(2)18(5)23(20,21)15-9-7-14(8-10-15)17(4)16(19)13(3)11-22-6/h7-10,12-13H,11H2,1-6H3. The maximum absolute atomic E-state index is 12.4. The van der Waals surface area contributed by atoms with Crippen molar-refractivity contribution in [3.05, 3.63) is 24.3 Å². The predicted molar refractivity (Wildman–Crippen MR) is 91.0 cm³/mol. The lowest BCUT2D eigenvalue weighted by Crippen LogP contribution is -2.34. The van der Waals surface area contributed by atoms with Crippen LogP contribution in [-0.4, -0.2) is 52.5 Å². The van der Waals surface area contributed by atoms with Crippen molar-refractivity contribution in [2.24, 2.45) is 5.92 Å². The lowest BCUT2D eigenvalue weighted by atomic mass is 10.1. The van der Waals surface area contributed by atoms with Crippen molar-refractivity contribution in [2.75, 3.05) is 32.7 Å². The van der Waals surface area contributed by atoms with E-state index in [1.165, 1.54) is 21.3 Å². The Balaban J connectivity index is 2.99. The van der Waals surface area contributed by atoms with Crippen LogP contribution in [0.15, 0.2) is 29.2 Å². The van der Waals surface area contributed by atoms with Gasteiger partial charge in [-0.05, 0) is 38.1 Å². The first-order chi connectivity index (χ1) is 10.6. The minimum atomic E-state index is -3.52. The highest BCUT2D eigenvalue weighted by Gasteiger charge is 2.24. The minimum Gasteiger partial charge on any atom is -0.384 e. The van der Waals surface area contributed by atoms with Gasteiger partial charge in [-0.25, -0.2) is 8.42 Å². The molecule has 1 aromatic carbocycles. The lowest BCUT2D eigenvalue weighted by Gasteiger charge is -2.23. The molecule has 1 unspecified atom stereocenters. The number of carbonyl (C=O) groups is 1. The molecule has 6 nitrogen and oxygen atoms in total. The predicted octanol–water partition coefficient (Wildman–Crippen LogP) is 1.96. The fourth-order valence-electron chi connectivity index (χ4n) is 2.06. The van der Waals surface area contributed by atoms with Crippen molar-refractivity contribution < 1.29 is 17.9 Å². The second kappa shape index (κ2) is 7.90. The van der Waals surface area contributed by atoms with E-state index in [4.69, 9.17) is 4.74 Å². The van der Waals surface area contributed by atoms with Crippen molar-refractivity contribution >= 4 is 21.6 Å². The third kappa shape index (κ3) is 4.53. The monoisotopic (exact) mass is 342 g/mol. The van der Waals surface area contributed by atoms with E-state index in [1.807, 2.05) is 13.8 Å². The van der Waals surface area contributed by atoms with Crippen molar-refractivity contribution in [2.45, 2.75) is 31.7 Å². The average molecular weight is 342 g/mol. The molecule has 0 aromatic heterocycles. The molecule has 0 aliphatic heterocycles. The maximum Gasteiger partial charge on any atom is 0.243 e. The molecule has 0 aliphatic carbocycles. The Morgan fingerprint density at radius 3 is 2.09 bits per heavy atom. The summed E-state index contributed by atoms with van der Waals surface area (Å²) in [5.41, 5.74) is 0.643. The molecule has 0 saturated heterocycles. The Kier molecular flexibility index (Phi) is 6.73. The van der Waals surface area contributed by atoms with Gasteiger partial charge in [-0.2, -0.15) is 4.31 Å². The maximum atomic E-state index is 12.4. The Morgan fingerprint density at radius 2 is 1.65 bits per heavy atom. The summed E-state index contributed by atoms with van der Waals surface area (Å²) >= 11 is 0. The fraction of sp³-hybridized carbons (Fsp3) is 0.562. The summed E-state index contributed by atoms with van der Waals surface area (Å²) in [5.74, 6) is -0.345. The van der Waals surface area contributed by atoms with Crippen LogP contribution in [0.1, 0.15) is 20.8 Å². The summed E-state index contributed by atoms with van der Waals surface area (Å²) in [6.45, 7) is 5.76. The molecule has 0 radical (unpaired) electrons.